The van der Waals surface area contributed by atoms with Crippen LogP contribution in [-0.4, -0.2) is 35.1 Å². The maximum atomic E-state index is 13.4. The molecule has 0 aliphatic rings. The minimum atomic E-state index is -0.247. The molecule has 142 valence electrons. The minimum absolute atomic E-state index is 0.165. The summed E-state index contributed by atoms with van der Waals surface area (Å²) in [5.41, 5.74) is 2.11. The molecular formula is C20H24FN4S2+. The normalized spacial score (nSPS) is 12.5. The average molecular weight is 404 g/mol. The molecule has 3 aromatic rings. The van der Waals surface area contributed by atoms with E-state index in [1.807, 2.05) is 4.57 Å². The predicted molar refractivity (Wildman–Crippen MR) is 110 cm³/mol. The molecule has 0 aliphatic heterocycles. The highest BCUT2D eigenvalue weighted by Crippen LogP contribution is 2.27. The molecule has 0 amide bonds. The van der Waals surface area contributed by atoms with Crippen LogP contribution in [0.15, 0.2) is 58.6 Å². The standard InChI is InChI=1S/C20H23FN4S2/c1-14(24(2)3)19-22-23-20(25(19)17-9-7-16(21)8-10-17)27-13-15-5-11-18(26-4)12-6-15/h5-12,14H,13H2,1-4H3/p+1/t14-/m1/s1. The van der Waals surface area contributed by atoms with Crippen molar-refractivity contribution >= 4 is 23.5 Å². The predicted octanol–water partition coefficient (Wildman–Crippen LogP) is 3.63. The maximum Gasteiger partial charge on any atom is 0.196 e. The summed E-state index contributed by atoms with van der Waals surface area (Å²) in [5, 5.41) is 9.70. The molecule has 7 heteroatoms. The molecule has 0 bridgehead atoms. The third-order valence-corrected chi connectivity index (χ3v) is 6.27. The zero-order chi connectivity index (χ0) is 19.4. The van der Waals surface area contributed by atoms with Gasteiger partial charge in [0, 0.05) is 16.3 Å². The molecule has 0 saturated carbocycles. The molecule has 0 spiro atoms. The van der Waals surface area contributed by atoms with Crippen molar-refractivity contribution in [2.75, 3.05) is 20.4 Å². The van der Waals surface area contributed by atoms with Crippen LogP contribution in [0.3, 0.4) is 0 Å². The summed E-state index contributed by atoms with van der Waals surface area (Å²) < 4.78 is 15.4. The van der Waals surface area contributed by atoms with Gasteiger partial charge in [-0.2, -0.15) is 0 Å². The van der Waals surface area contributed by atoms with Crippen LogP contribution in [0.5, 0.6) is 0 Å². The summed E-state index contributed by atoms with van der Waals surface area (Å²) >= 11 is 3.38. The van der Waals surface area contributed by atoms with E-state index in [1.165, 1.54) is 27.5 Å². The Morgan fingerprint density at radius 3 is 2.30 bits per heavy atom. The fraction of sp³-hybridized carbons (Fsp3) is 0.300. The molecular weight excluding hydrogens is 379 g/mol. The van der Waals surface area contributed by atoms with E-state index in [0.29, 0.717) is 0 Å². The lowest BCUT2D eigenvalue weighted by Gasteiger charge is -2.18. The highest BCUT2D eigenvalue weighted by molar-refractivity contribution is 7.98. The van der Waals surface area contributed by atoms with Gasteiger partial charge >= 0.3 is 0 Å². The molecule has 1 N–H and O–H groups in total. The van der Waals surface area contributed by atoms with Crippen LogP contribution < -0.4 is 4.90 Å². The average Bonchev–Trinajstić information content (AvgIpc) is 3.10. The Bertz CT molecular complexity index is 876. The molecule has 1 aromatic heterocycles. The highest BCUT2D eigenvalue weighted by Gasteiger charge is 2.23. The van der Waals surface area contributed by atoms with Gasteiger partial charge in [-0.1, -0.05) is 23.9 Å². The molecule has 3 rings (SSSR count). The van der Waals surface area contributed by atoms with E-state index in [4.69, 9.17) is 0 Å². The van der Waals surface area contributed by atoms with E-state index in [1.54, 1.807) is 35.7 Å². The van der Waals surface area contributed by atoms with Crippen LogP contribution in [0.1, 0.15) is 24.4 Å². The van der Waals surface area contributed by atoms with E-state index < -0.39 is 0 Å². The summed E-state index contributed by atoms with van der Waals surface area (Å²) in [6.45, 7) is 2.12. The van der Waals surface area contributed by atoms with Gasteiger partial charge in [0.15, 0.2) is 11.0 Å². The minimum Gasteiger partial charge on any atom is -0.331 e. The van der Waals surface area contributed by atoms with Gasteiger partial charge in [-0.05, 0) is 55.1 Å². The first kappa shape index (κ1) is 19.9. The van der Waals surface area contributed by atoms with E-state index in [0.717, 1.165) is 22.4 Å². The van der Waals surface area contributed by atoms with Crippen molar-refractivity contribution in [2.45, 2.75) is 28.8 Å². The summed E-state index contributed by atoms with van der Waals surface area (Å²) in [5.74, 6) is 1.43. The zero-order valence-electron chi connectivity index (χ0n) is 15.9. The molecule has 0 unspecified atom stereocenters. The number of halogens is 1. The number of thioether (sulfide) groups is 2. The molecule has 1 atom stereocenters. The first-order chi connectivity index (χ1) is 13.0. The molecule has 1 heterocycles. The number of aromatic nitrogens is 3. The second kappa shape index (κ2) is 8.91. The summed E-state index contributed by atoms with van der Waals surface area (Å²) in [7, 11) is 4.18. The van der Waals surface area contributed by atoms with Gasteiger partial charge in [0.25, 0.3) is 0 Å². The molecule has 2 aromatic carbocycles. The van der Waals surface area contributed by atoms with Gasteiger partial charge < -0.3 is 4.90 Å². The van der Waals surface area contributed by atoms with Crippen molar-refractivity contribution < 1.29 is 9.29 Å². The number of hydrogen-bond acceptors (Lipinski definition) is 4. The Hall–Kier alpha value is -1.83. The van der Waals surface area contributed by atoms with Crippen LogP contribution in [0.2, 0.25) is 0 Å². The largest absolute Gasteiger partial charge is 0.331 e. The number of nitrogens with zero attached hydrogens (tertiary/aromatic N) is 3. The maximum absolute atomic E-state index is 13.4. The van der Waals surface area contributed by atoms with Gasteiger partial charge in [0.2, 0.25) is 0 Å². The lowest BCUT2D eigenvalue weighted by molar-refractivity contribution is -0.890. The van der Waals surface area contributed by atoms with E-state index in [2.05, 4.69) is 61.7 Å². The van der Waals surface area contributed by atoms with Crippen LogP contribution in [0, 0.1) is 5.82 Å². The van der Waals surface area contributed by atoms with Crippen molar-refractivity contribution in [2.24, 2.45) is 0 Å². The van der Waals surface area contributed by atoms with Gasteiger partial charge in [0.1, 0.15) is 11.9 Å². The van der Waals surface area contributed by atoms with Crippen molar-refractivity contribution in [1.82, 2.24) is 14.8 Å². The highest BCUT2D eigenvalue weighted by atomic mass is 32.2. The number of quaternary nitrogens is 1. The van der Waals surface area contributed by atoms with E-state index >= 15 is 0 Å². The first-order valence-electron chi connectivity index (χ1n) is 8.76. The number of hydrogen-bond donors (Lipinski definition) is 1. The van der Waals surface area contributed by atoms with Crippen LogP contribution in [-0.2, 0) is 5.75 Å². The quantitative estimate of drug-likeness (QED) is 0.611. The molecule has 4 nitrogen and oxygen atoms in total. The van der Waals surface area contributed by atoms with Crippen molar-refractivity contribution in [3.8, 4) is 5.69 Å². The fourth-order valence-electron chi connectivity index (χ4n) is 2.62. The third kappa shape index (κ3) is 4.72. The number of benzene rings is 2. The van der Waals surface area contributed by atoms with Crippen molar-refractivity contribution in [1.29, 1.82) is 0 Å². The Kier molecular flexibility index (Phi) is 6.57. The van der Waals surface area contributed by atoms with Gasteiger partial charge in [-0.25, -0.2) is 4.39 Å². The summed E-state index contributed by atoms with van der Waals surface area (Å²) in [6, 6.07) is 15.2. The summed E-state index contributed by atoms with van der Waals surface area (Å²) in [4.78, 5) is 2.51. The second-order valence-corrected chi connectivity index (χ2v) is 8.41. The Labute approximate surface area is 168 Å². The lowest BCUT2D eigenvalue weighted by Crippen LogP contribution is -3.05. The van der Waals surface area contributed by atoms with Crippen molar-refractivity contribution in [3.05, 3.63) is 65.7 Å². The van der Waals surface area contributed by atoms with Crippen LogP contribution in [0.25, 0.3) is 5.69 Å². The summed E-state index contributed by atoms with van der Waals surface area (Å²) in [6.07, 6.45) is 2.07. The Balaban J connectivity index is 1.90. The molecule has 0 fully saturated rings. The third-order valence-electron chi connectivity index (χ3n) is 4.52. The molecule has 0 saturated heterocycles. The Morgan fingerprint density at radius 2 is 1.70 bits per heavy atom. The van der Waals surface area contributed by atoms with Crippen LogP contribution >= 0.6 is 23.5 Å². The molecule has 27 heavy (non-hydrogen) atoms. The second-order valence-electron chi connectivity index (χ2n) is 6.59. The van der Waals surface area contributed by atoms with Gasteiger partial charge in [-0.15, -0.1) is 22.0 Å². The molecule has 0 aliphatic carbocycles. The fourth-order valence-corrected chi connectivity index (χ4v) is 3.94. The topological polar surface area (TPSA) is 35.2 Å². The smallest absolute Gasteiger partial charge is 0.196 e. The Morgan fingerprint density at radius 1 is 1.04 bits per heavy atom. The van der Waals surface area contributed by atoms with E-state index in [-0.39, 0.29) is 11.9 Å². The first-order valence-corrected chi connectivity index (χ1v) is 11.0. The van der Waals surface area contributed by atoms with Crippen molar-refractivity contribution in [3.63, 3.8) is 0 Å². The SMILES string of the molecule is CSc1ccc(CSc2nnc([C@@H](C)[NH+](C)C)n2-c2ccc(F)cc2)cc1. The number of rotatable bonds is 7. The zero-order valence-corrected chi connectivity index (χ0v) is 17.6. The van der Waals surface area contributed by atoms with Gasteiger partial charge in [-0.3, -0.25) is 4.57 Å². The monoisotopic (exact) mass is 403 g/mol. The number of nitrogens with one attached hydrogen (secondary N) is 1. The van der Waals surface area contributed by atoms with E-state index in [9.17, 15) is 4.39 Å². The molecule has 0 radical (unpaired) electrons. The van der Waals surface area contributed by atoms with Crippen LogP contribution in [0.4, 0.5) is 4.39 Å². The van der Waals surface area contributed by atoms with Gasteiger partial charge in [0.05, 0.1) is 14.1 Å². The lowest BCUT2D eigenvalue weighted by atomic mass is 10.2.